The lowest BCUT2D eigenvalue weighted by molar-refractivity contribution is 0.224. The molecule has 3 rings (SSSR count). The van der Waals surface area contributed by atoms with E-state index in [9.17, 15) is 0 Å². The van der Waals surface area contributed by atoms with Crippen molar-refractivity contribution < 1.29 is 4.52 Å². The van der Waals surface area contributed by atoms with Gasteiger partial charge in [0.05, 0.1) is 12.6 Å². The molecular formula is C24H33N7O. The summed E-state index contributed by atoms with van der Waals surface area (Å²) in [6, 6.07) is 16.4. The van der Waals surface area contributed by atoms with Gasteiger partial charge in [0.25, 0.3) is 5.89 Å². The van der Waals surface area contributed by atoms with Crippen LogP contribution in [0, 0.1) is 0 Å². The monoisotopic (exact) mass is 435 g/mol. The highest BCUT2D eigenvalue weighted by molar-refractivity contribution is 5.79. The van der Waals surface area contributed by atoms with Gasteiger partial charge in [-0.25, -0.2) is 0 Å². The topological polar surface area (TPSA) is 91.5 Å². The molecule has 0 spiro atoms. The van der Waals surface area contributed by atoms with Gasteiger partial charge in [0.1, 0.15) is 5.69 Å². The van der Waals surface area contributed by atoms with Gasteiger partial charge in [-0.05, 0) is 37.7 Å². The molecule has 8 heteroatoms. The third-order valence-electron chi connectivity index (χ3n) is 5.20. The van der Waals surface area contributed by atoms with E-state index >= 15 is 0 Å². The standard InChI is InChI=1S/C24H33N7O/c1-4-25-24(28-18-21(31(5-2)6-3)19-12-8-7-9-13-19)27-17-15-22-29-23(32-30-22)20-14-10-11-16-26-20/h7-14,16,21H,4-6,15,17-18H2,1-3H3,(H2,25,27,28). The van der Waals surface area contributed by atoms with Crippen molar-refractivity contribution in [2.24, 2.45) is 4.99 Å². The van der Waals surface area contributed by atoms with Crippen molar-refractivity contribution in [1.29, 1.82) is 0 Å². The van der Waals surface area contributed by atoms with Gasteiger partial charge in [-0.1, -0.05) is 55.4 Å². The summed E-state index contributed by atoms with van der Waals surface area (Å²) < 4.78 is 5.33. The molecule has 0 radical (unpaired) electrons. The second kappa shape index (κ2) is 12.6. The molecule has 32 heavy (non-hydrogen) atoms. The van der Waals surface area contributed by atoms with E-state index in [4.69, 9.17) is 9.52 Å². The molecular weight excluding hydrogens is 402 g/mol. The number of hydrogen-bond acceptors (Lipinski definition) is 6. The molecule has 1 aromatic carbocycles. The summed E-state index contributed by atoms with van der Waals surface area (Å²) in [5, 5.41) is 10.8. The Morgan fingerprint density at radius 1 is 1.03 bits per heavy atom. The van der Waals surface area contributed by atoms with Crippen molar-refractivity contribution in [3.05, 3.63) is 66.1 Å². The number of aliphatic imine (C=N–C) groups is 1. The minimum absolute atomic E-state index is 0.236. The number of rotatable bonds is 11. The number of benzene rings is 1. The first-order valence-corrected chi connectivity index (χ1v) is 11.3. The molecule has 0 bridgehead atoms. The van der Waals surface area contributed by atoms with E-state index in [1.807, 2.05) is 18.2 Å². The van der Waals surface area contributed by atoms with Crippen LogP contribution in [0.4, 0.5) is 0 Å². The second-order valence-electron chi connectivity index (χ2n) is 7.27. The van der Waals surface area contributed by atoms with Crippen LogP contribution in [0.5, 0.6) is 0 Å². The lowest BCUT2D eigenvalue weighted by Crippen LogP contribution is -2.39. The Morgan fingerprint density at radius 3 is 2.50 bits per heavy atom. The third kappa shape index (κ3) is 6.62. The zero-order chi connectivity index (χ0) is 22.6. The van der Waals surface area contributed by atoms with Crippen LogP contribution in [0.2, 0.25) is 0 Å². The maximum Gasteiger partial charge on any atom is 0.276 e. The molecule has 0 fully saturated rings. The lowest BCUT2D eigenvalue weighted by atomic mass is 10.1. The number of likely N-dealkylation sites (N-methyl/N-ethyl adjacent to an activating group) is 1. The number of pyridine rings is 1. The van der Waals surface area contributed by atoms with E-state index in [1.54, 1.807) is 6.20 Å². The molecule has 2 aromatic heterocycles. The van der Waals surface area contributed by atoms with Crippen LogP contribution in [-0.2, 0) is 6.42 Å². The minimum Gasteiger partial charge on any atom is -0.357 e. The molecule has 0 aliphatic heterocycles. The Kier molecular flexibility index (Phi) is 9.19. The first-order chi connectivity index (χ1) is 15.7. The van der Waals surface area contributed by atoms with Crippen LogP contribution in [-0.4, -0.2) is 58.7 Å². The highest BCUT2D eigenvalue weighted by atomic mass is 16.5. The number of nitrogens with zero attached hydrogens (tertiary/aromatic N) is 5. The first-order valence-electron chi connectivity index (χ1n) is 11.3. The number of aromatic nitrogens is 3. The van der Waals surface area contributed by atoms with E-state index < -0.39 is 0 Å². The van der Waals surface area contributed by atoms with Crippen molar-refractivity contribution in [2.75, 3.05) is 32.7 Å². The van der Waals surface area contributed by atoms with E-state index in [0.717, 1.165) is 25.6 Å². The van der Waals surface area contributed by atoms with Gasteiger partial charge in [-0.3, -0.25) is 14.9 Å². The Bertz CT molecular complexity index is 939. The quantitative estimate of drug-likeness (QED) is 0.353. The van der Waals surface area contributed by atoms with Crippen LogP contribution >= 0.6 is 0 Å². The summed E-state index contributed by atoms with van der Waals surface area (Å²) in [4.78, 5) is 16.0. The van der Waals surface area contributed by atoms with Crippen molar-refractivity contribution in [3.63, 3.8) is 0 Å². The maximum atomic E-state index is 5.33. The van der Waals surface area contributed by atoms with Crippen LogP contribution in [0.1, 0.15) is 38.2 Å². The molecule has 0 saturated carbocycles. The summed E-state index contributed by atoms with van der Waals surface area (Å²) in [5.74, 6) is 1.86. The fourth-order valence-corrected chi connectivity index (χ4v) is 3.53. The predicted molar refractivity (Wildman–Crippen MR) is 127 cm³/mol. The molecule has 0 saturated heterocycles. The predicted octanol–water partition coefficient (Wildman–Crippen LogP) is 3.31. The van der Waals surface area contributed by atoms with Gasteiger partial charge in [-0.15, -0.1) is 0 Å². The molecule has 2 N–H and O–H groups in total. The lowest BCUT2D eigenvalue weighted by Gasteiger charge is -2.29. The summed E-state index contributed by atoms with van der Waals surface area (Å²) in [6.07, 6.45) is 2.33. The fourth-order valence-electron chi connectivity index (χ4n) is 3.53. The smallest absolute Gasteiger partial charge is 0.276 e. The molecule has 0 aliphatic rings. The Balaban J connectivity index is 1.61. The fraction of sp³-hybridized carbons (Fsp3) is 0.417. The van der Waals surface area contributed by atoms with Crippen molar-refractivity contribution in [2.45, 2.75) is 33.2 Å². The molecule has 8 nitrogen and oxygen atoms in total. The number of guanidine groups is 1. The first kappa shape index (κ1) is 23.4. The van der Waals surface area contributed by atoms with E-state index in [-0.39, 0.29) is 6.04 Å². The Hall–Kier alpha value is -3.26. The highest BCUT2D eigenvalue weighted by Gasteiger charge is 2.17. The zero-order valence-corrected chi connectivity index (χ0v) is 19.2. The largest absolute Gasteiger partial charge is 0.357 e. The molecule has 0 aliphatic carbocycles. The minimum atomic E-state index is 0.236. The Morgan fingerprint density at radius 2 is 1.81 bits per heavy atom. The summed E-state index contributed by atoms with van der Waals surface area (Å²) in [5.41, 5.74) is 1.96. The van der Waals surface area contributed by atoms with Crippen molar-refractivity contribution in [3.8, 4) is 11.6 Å². The number of hydrogen-bond donors (Lipinski definition) is 2. The zero-order valence-electron chi connectivity index (χ0n) is 19.2. The van der Waals surface area contributed by atoms with E-state index in [0.29, 0.717) is 36.9 Å². The van der Waals surface area contributed by atoms with Gasteiger partial charge in [-0.2, -0.15) is 4.98 Å². The van der Waals surface area contributed by atoms with Crippen molar-refractivity contribution >= 4 is 5.96 Å². The van der Waals surface area contributed by atoms with Gasteiger partial charge >= 0.3 is 0 Å². The molecule has 0 amide bonds. The van der Waals surface area contributed by atoms with Crippen LogP contribution < -0.4 is 10.6 Å². The Labute approximate surface area is 190 Å². The van der Waals surface area contributed by atoms with Gasteiger partial charge < -0.3 is 15.2 Å². The molecule has 1 atom stereocenters. The van der Waals surface area contributed by atoms with Crippen LogP contribution in [0.15, 0.2) is 64.2 Å². The molecule has 2 heterocycles. The van der Waals surface area contributed by atoms with E-state index in [1.165, 1.54) is 5.56 Å². The van der Waals surface area contributed by atoms with Crippen LogP contribution in [0.3, 0.4) is 0 Å². The average Bonchev–Trinajstić information content (AvgIpc) is 3.32. The van der Waals surface area contributed by atoms with Crippen LogP contribution in [0.25, 0.3) is 11.6 Å². The van der Waals surface area contributed by atoms with Gasteiger partial charge in [0.15, 0.2) is 11.8 Å². The highest BCUT2D eigenvalue weighted by Crippen LogP contribution is 2.20. The number of nitrogens with one attached hydrogen (secondary N) is 2. The van der Waals surface area contributed by atoms with E-state index in [2.05, 4.69) is 81.8 Å². The maximum absolute atomic E-state index is 5.33. The molecule has 170 valence electrons. The summed E-state index contributed by atoms with van der Waals surface area (Å²) in [6.45, 7) is 10.5. The summed E-state index contributed by atoms with van der Waals surface area (Å²) >= 11 is 0. The summed E-state index contributed by atoms with van der Waals surface area (Å²) in [7, 11) is 0. The van der Waals surface area contributed by atoms with Gasteiger partial charge in [0.2, 0.25) is 0 Å². The molecule has 1 unspecified atom stereocenters. The average molecular weight is 436 g/mol. The third-order valence-corrected chi connectivity index (χ3v) is 5.20. The van der Waals surface area contributed by atoms with Crippen molar-refractivity contribution in [1.82, 2.24) is 30.7 Å². The SMILES string of the molecule is CCNC(=NCC(c1ccccc1)N(CC)CC)NCCc1noc(-c2ccccn2)n1. The normalized spacial score (nSPS) is 12.7. The van der Waals surface area contributed by atoms with Gasteiger partial charge in [0, 0.05) is 25.7 Å². The second-order valence-corrected chi connectivity index (χ2v) is 7.27. The molecule has 3 aromatic rings.